The SMILES string of the molecule is O=[N+]([O-])c1ccc(Cn2nnc(C3N=C3c3ccccc3)n2)cc1. The van der Waals surface area contributed by atoms with E-state index in [-0.39, 0.29) is 11.7 Å². The maximum atomic E-state index is 10.7. The standard InChI is InChI=1S/C16H12N6O2/c23-22(24)13-8-6-11(7-9-13)10-21-19-16(18-20-21)15-14(17-15)12-4-2-1-3-5-12/h1-9,15H,10H2. The number of aromatic nitrogens is 4. The molecular weight excluding hydrogens is 308 g/mol. The lowest BCUT2D eigenvalue weighted by Crippen LogP contribution is -2.04. The van der Waals surface area contributed by atoms with Crippen LogP contribution in [0.1, 0.15) is 23.0 Å². The van der Waals surface area contributed by atoms with Crippen LogP contribution in [0.3, 0.4) is 0 Å². The Labute approximate surface area is 136 Å². The van der Waals surface area contributed by atoms with Crippen molar-refractivity contribution in [2.75, 3.05) is 0 Å². The molecule has 0 saturated carbocycles. The normalized spacial score (nSPS) is 15.8. The lowest BCUT2D eigenvalue weighted by atomic mass is 10.1. The molecule has 0 radical (unpaired) electrons. The molecule has 1 aromatic heterocycles. The third-order valence-electron chi connectivity index (χ3n) is 3.71. The number of nitro benzene ring substituents is 1. The van der Waals surface area contributed by atoms with E-state index in [9.17, 15) is 10.1 Å². The van der Waals surface area contributed by atoms with E-state index in [0.717, 1.165) is 16.8 Å². The van der Waals surface area contributed by atoms with E-state index in [1.165, 1.54) is 16.9 Å². The number of hydrogen-bond donors (Lipinski definition) is 0. The van der Waals surface area contributed by atoms with Gasteiger partial charge in [0.05, 0.1) is 17.2 Å². The molecule has 1 unspecified atom stereocenters. The van der Waals surface area contributed by atoms with Gasteiger partial charge in [0.2, 0.25) is 5.82 Å². The number of aliphatic imine (C=N–C) groups is 1. The number of tetrazole rings is 1. The number of rotatable bonds is 5. The van der Waals surface area contributed by atoms with E-state index in [4.69, 9.17) is 0 Å². The largest absolute Gasteiger partial charge is 0.269 e. The molecule has 8 heteroatoms. The summed E-state index contributed by atoms with van der Waals surface area (Å²) in [6, 6.07) is 16.1. The molecule has 1 aliphatic rings. The molecule has 118 valence electrons. The van der Waals surface area contributed by atoms with Crippen LogP contribution < -0.4 is 0 Å². The molecule has 0 saturated heterocycles. The fourth-order valence-electron chi connectivity index (χ4n) is 2.44. The van der Waals surface area contributed by atoms with E-state index < -0.39 is 4.92 Å². The van der Waals surface area contributed by atoms with Crippen molar-refractivity contribution >= 4 is 11.4 Å². The van der Waals surface area contributed by atoms with Gasteiger partial charge in [0.25, 0.3) is 5.69 Å². The average Bonchev–Trinajstić information content (AvgIpc) is 3.28. The van der Waals surface area contributed by atoms with Crippen molar-refractivity contribution in [3.8, 4) is 0 Å². The van der Waals surface area contributed by atoms with Gasteiger partial charge < -0.3 is 0 Å². The molecule has 4 rings (SSSR count). The second-order valence-electron chi connectivity index (χ2n) is 5.38. The molecule has 24 heavy (non-hydrogen) atoms. The van der Waals surface area contributed by atoms with Gasteiger partial charge in [0.15, 0.2) is 6.04 Å². The van der Waals surface area contributed by atoms with Gasteiger partial charge >= 0.3 is 0 Å². The minimum atomic E-state index is -0.425. The molecule has 2 heterocycles. The van der Waals surface area contributed by atoms with Crippen LogP contribution in [0.2, 0.25) is 0 Å². The van der Waals surface area contributed by atoms with E-state index >= 15 is 0 Å². The minimum absolute atomic E-state index is 0.0601. The van der Waals surface area contributed by atoms with Gasteiger partial charge in [-0.25, -0.2) is 0 Å². The smallest absolute Gasteiger partial charge is 0.268 e. The summed E-state index contributed by atoms with van der Waals surface area (Å²) in [7, 11) is 0. The molecule has 0 spiro atoms. The van der Waals surface area contributed by atoms with Crippen molar-refractivity contribution in [3.05, 3.63) is 81.7 Å². The average molecular weight is 320 g/mol. The van der Waals surface area contributed by atoms with Crippen LogP contribution in [-0.4, -0.2) is 30.8 Å². The highest BCUT2D eigenvalue weighted by Crippen LogP contribution is 2.32. The van der Waals surface area contributed by atoms with Crippen LogP contribution in [0.5, 0.6) is 0 Å². The van der Waals surface area contributed by atoms with Gasteiger partial charge in [-0.15, -0.1) is 10.2 Å². The Hall–Kier alpha value is -3.42. The third-order valence-corrected chi connectivity index (χ3v) is 3.71. The number of non-ortho nitro benzene ring substituents is 1. The predicted octanol–water partition coefficient (Wildman–Crippen LogP) is 2.17. The molecule has 0 fully saturated rings. The van der Waals surface area contributed by atoms with E-state index in [0.29, 0.717) is 12.4 Å². The quantitative estimate of drug-likeness (QED) is 0.530. The maximum absolute atomic E-state index is 10.7. The highest BCUT2D eigenvalue weighted by atomic mass is 16.6. The molecule has 0 amide bonds. The lowest BCUT2D eigenvalue weighted by Gasteiger charge is -1.99. The maximum Gasteiger partial charge on any atom is 0.269 e. The van der Waals surface area contributed by atoms with Crippen molar-refractivity contribution in [1.29, 1.82) is 0 Å². The molecule has 2 aromatic carbocycles. The van der Waals surface area contributed by atoms with Crippen molar-refractivity contribution in [3.63, 3.8) is 0 Å². The van der Waals surface area contributed by atoms with Gasteiger partial charge in [-0.05, 0) is 16.3 Å². The Morgan fingerprint density at radius 2 is 1.83 bits per heavy atom. The van der Waals surface area contributed by atoms with Crippen LogP contribution >= 0.6 is 0 Å². The van der Waals surface area contributed by atoms with Crippen molar-refractivity contribution in [2.45, 2.75) is 12.6 Å². The summed E-state index contributed by atoms with van der Waals surface area (Å²) in [6.45, 7) is 0.401. The number of nitrogens with zero attached hydrogens (tertiary/aromatic N) is 6. The zero-order valence-electron chi connectivity index (χ0n) is 12.5. The minimum Gasteiger partial charge on any atom is -0.268 e. The van der Waals surface area contributed by atoms with Crippen molar-refractivity contribution in [2.24, 2.45) is 4.99 Å². The summed E-state index contributed by atoms with van der Waals surface area (Å²) in [5.41, 5.74) is 2.95. The highest BCUT2D eigenvalue weighted by Gasteiger charge is 2.34. The fourth-order valence-corrected chi connectivity index (χ4v) is 2.44. The Morgan fingerprint density at radius 1 is 1.08 bits per heavy atom. The van der Waals surface area contributed by atoms with Crippen molar-refractivity contribution < 1.29 is 4.92 Å². The third kappa shape index (κ3) is 2.76. The van der Waals surface area contributed by atoms with E-state index in [1.54, 1.807) is 12.1 Å². The first-order valence-electron chi connectivity index (χ1n) is 7.35. The van der Waals surface area contributed by atoms with Gasteiger partial charge in [-0.3, -0.25) is 15.1 Å². The molecule has 0 bridgehead atoms. The lowest BCUT2D eigenvalue weighted by molar-refractivity contribution is -0.384. The van der Waals surface area contributed by atoms with E-state index in [2.05, 4.69) is 20.4 Å². The highest BCUT2D eigenvalue weighted by molar-refractivity contribution is 6.13. The number of nitro groups is 1. The van der Waals surface area contributed by atoms with Crippen LogP contribution in [0, 0.1) is 10.1 Å². The van der Waals surface area contributed by atoms with E-state index in [1.807, 2.05) is 30.3 Å². The summed E-state index contributed by atoms with van der Waals surface area (Å²) in [6.07, 6.45) is 0. The molecule has 1 atom stereocenters. The first-order valence-corrected chi connectivity index (χ1v) is 7.35. The van der Waals surface area contributed by atoms with Gasteiger partial charge in [0.1, 0.15) is 0 Å². The number of benzene rings is 2. The zero-order valence-corrected chi connectivity index (χ0v) is 12.5. The Kier molecular flexibility index (Phi) is 3.34. The molecule has 0 aliphatic carbocycles. The second kappa shape index (κ2) is 5.65. The van der Waals surface area contributed by atoms with Gasteiger partial charge in [-0.2, -0.15) is 4.80 Å². The summed E-state index contributed by atoms with van der Waals surface area (Å²) in [5.74, 6) is 0.566. The van der Waals surface area contributed by atoms with Gasteiger partial charge in [-0.1, -0.05) is 42.5 Å². The Morgan fingerprint density at radius 3 is 2.54 bits per heavy atom. The Balaban J connectivity index is 1.44. The monoisotopic (exact) mass is 320 g/mol. The van der Waals surface area contributed by atoms with Crippen LogP contribution in [0.15, 0.2) is 59.6 Å². The molecule has 0 N–H and O–H groups in total. The first-order chi connectivity index (χ1) is 11.7. The molecule has 3 aromatic rings. The molecule has 8 nitrogen and oxygen atoms in total. The summed E-state index contributed by atoms with van der Waals surface area (Å²) >= 11 is 0. The zero-order chi connectivity index (χ0) is 16.5. The summed E-state index contributed by atoms with van der Waals surface area (Å²) in [5, 5.41) is 23.1. The predicted molar refractivity (Wildman–Crippen MR) is 85.7 cm³/mol. The molecular formula is C16H12N6O2. The fraction of sp³-hybridized carbons (Fsp3) is 0.125. The van der Waals surface area contributed by atoms with Crippen LogP contribution in [0.25, 0.3) is 0 Å². The topological polar surface area (TPSA) is 99.1 Å². The summed E-state index contributed by atoms with van der Waals surface area (Å²) < 4.78 is 0. The summed E-state index contributed by atoms with van der Waals surface area (Å²) in [4.78, 5) is 16.1. The molecule has 1 aliphatic heterocycles. The number of hydrogen-bond acceptors (Lipinski definition) is 6. The first kappa shape index (κ1) is 14.2. The Bertz CT molecular complexity index is 917. The van der Waals surface area contributed by atoms with Gasteiger partial charge in [0, 0.05) is 12.1 Å². The van der Waals surface area contributed by atoms with Crippen LogP contribution in [-0.2, 0) is 6.54 Å². The second-order valence-corrected chi connectivity index (χ2v) is 5.38. The van der Waals surface area contributed by atoms with Crippen molar-refractivity contribution in [1.82, 2.24) is 20.2 Å². The van der Waals surface area contributed by atoms with Crippen LogP contribution in [0.4, 0.5) is 5.69 Å².